The summed E-state index contributed by atoms with van der Waals surface area (Å²) in [5.74, 6) is -0.0356. The first-order valence-corrected chi connectivity index (χ1v) is 6.61. The maximum absolute atomic E-state index is 12.1. The molecule has 0 unspecified atom stereocenters. The molecule has 3 N–H and O–H groups in total. The molecule has 0 saturated carbocycles. The summed E-state index contributed by atoms with van der Waals surface area (Å²) in [7, 11) is -2.14. The van der Waals surface area contributed by atoms with Crippen LogP contribution in [0.5, 0.6) is 0 Å². The van der Waals surface area contributed by atoms with E-state index in [1.165, 1.54) is 17.1 Å². The second-order valence-corrected chi connectivity index (χ2v) is 5.50. The van der Waals surface area contributed by atoms with Crippen LogP contribution < -0.4 is 10.5 Å². The molecule has 0 aliphatic carbocycles. The smallest absolute Gasteiger partial charge is 0.267 e. The van der Waals surface area contributed by atoms with E-state index in [2.05, 4.69) is 14.8 Å². The van der Waals surface area contributed by atoms with Gasteiger partial charge in [0.15, 0.2) is 5.82 Å². The third-order valence-corrected chi connectivity index (χ3v) is 3.78. The first-order valence-electron chi connectivity index (χ1n) is 5.13. The molecule has 2 aromatic heterocycles. The number of anilines is 2. The molecule has 0 saturated heterocycles. The van der Waals surface area contributed by atoms with Gasteiger partial charge in [-0.15, -0.1) is 0 Å². The Balaban J connectivity index is 2.40. The topological polar surface area (TPSA) is 103 Å². The van der Waals surface area contributed by atoms with Gasteiger partial charge in [-0.3, -0.25) is 14.4 Å². The Labute approximate surface area is 105 Å². The number of nitrogen functional groups attached to an aromatic ring is 1. The van der Waals surface area contributed by atoms with Gasteiger partial charge in [0, 0.05) is 19.4 Å². The summed E-state index contributed by atoms with van der Waals surface area (Å²) >= 11 is 0. The van der Waals surface area contributed by atoms with Gasteiger partial charge in [0.2, 0.25) is 0 Å². The summed E-state index contributed by atoms with van der Waals surface area (Å²) in [4.78, 5) is 3.82. The van der Waals surface area contributed by atoms with E-state index in [9.17, 15) is 8.42 Å². The molecular formula is C10H13N5O2S. The number of aryl methyl sites for hydroxylation is 2. The number of nitrogens with zero attached hydrogens (tertiary/aromatic N) is 3. The highest BCUT2D eigenvalue weighted by atomic mass is 32.2. The summed E-state index contributed by atoms with van der Waals surface area (Å²) in [6.45, 7) is 1.78. The zero-order valence-electron chi connectivity index (χ0n) is 9.95. The van der Waals surface area contributed by atoms with Gasteiger partial charge < -0.3 is 5.73 Å². The van der Waals surface area contributed by atoms with E-state index < -0.39 is 10.0 Å². The Kier molecular flexibility index (Phi) is 2.95. The van der Waals surface area contributed by atoms with E-state index in [0.29, 0.717) is 5.69 Å². The molecule has 0 fully saturated rings. The second-order valence-electron chi connectivity index (χ2n) is 3.85. The normalized spacial score (nSPS) is 11.4. The lowest BCUT2D eigenvalue weighted by Crippen LogP contribution is -2.14. The summed E-state index contributed by atoms with van der Waals surface area (Å²) < 4.78 is 28.0. The molecule has 0 bridgehead atoms. The van der Waals surface area contributed by atoms with Crippen LogP contribution in [0, 0.1) is 6.92 Å². The van der Waals surface area contributed by atoms with Crippen LogP contribution in [0.25, 0.3) is 0 Å². The number of sulfonamides is 1. The fourth-order valence-electron chi connectivity index (χ4n) is 1.46. The lowest BCUT2D eigenvalue weighted by molar-refractivity contribution is 0.601. The standard InChI is InChI=1S/C10H13N5O2S/c1-7-3-4-12-5-8(7)14-18(16,17)9-6-15(2)13-10(9)11/h3-6,14H,1-2H3,(H2,11,13). The van der Waals surface area contributed by atoms with Crippen molar-refractivity contribution in [3.05, 3.63) is 30.2 Å². The van der Waals surface area contributed by atoms with Crippen LogP contribution in [0.2, 0.25) is 0 Å². The van der Waals surface area contributed by atoms with Crippen LogP contribution in [-0.2, 0) is 17.1 Å². The van der Waals surface area contributed by atoms with E-state index in [1.54, 1.807) is 26.2 Å². The Bertz CT molecular complexity index is 677. The minimum absolute atomic E-state index is 0.0356. The molecule has 18 heavy (non-hydrogen) atoms. The average molecular weight is 267 g/mol. The number of pyridine rings is 1. The number of aromatic nitrogens is 3. The molecule has 0 aliphatic heterocycles. The maximum atomic E-state index is 12.1. The Morgan fingerprint density at radius 1 is 1.44 bits per heavy atom. The third kappa shape index (κ3) is 2.28. The summed E-state index contributed by atoms with van der Waals surface area (Å²) in [5.41, 5.74) is 6.74. The van der Waals surface area contributed by atoms with Gasteiger partial charge in [-0.2, -0.15) is 5.10 Å². The van der Waals surface area contributed by atoms with E-state index in [-0.39, 0.29) is 10.7 Å². The van der Waals surface area contributed by atoms with E-state index in [0.717, 1.165) is 5.56 Å². The van der Waals surface area contributed by atoms with Crippen molar-refractivity contribution in [3.63, 3.8) is 0 Å². The molecule has 8 heteroatoms. The number of hydrogen-bond acceptors (Lipinski definition) is 5. The van der Waals surface area contributed by atoms with Gasteiger partial charge in [-0.25, -0.2) is 8.42 Å². The zero-order valence-corrected chi connectivity index (χ0v) is 10.8. The van der Waals surface area contributed by atoms with Crippen molar-refractivity contribution in [2.45, 2.75) is 11.8 Å². The molecule has 7 nitrogen and oxygen atoms in total. The van der Waals surface area contributed by atoms with Gasteiger partial charge >= 0.3 is 0 Å². The van der Waals surface area contributed by atoms with Crippen molar-refractivity contribution in [2.75, 3.05) is 10.5 Å². The highest BCUT2D eigenvalue weighted by Gasteiger charge is 2.21. The molecule has 0 aromatic carbocycles. The van der Waals surface area contributed by atoms with Gasteiger partial charge in [0.05, 0.1) is 11.9 Å². The van der Waals surface area contributed by atoms with E-state index in [4.69, 9.17) is 5.73 Å². The lowest BCUT2D eigenvalue weighted by atomic mass is 10.3. The van der Waals surface area contributed by atoms with Crippen LogP contribution in [0.4, 0.5) is 11.5 Å². The van der Waals surface area contributed by atoms with Crippen LogP contribution in [-0.4, -0.2) is 23.2 Å². The van der Waals surface area contributed by atoms with Gasteiger partial charge in [-0.1, -0.05) is 0 Å². The molecule has 0 atom stereocenters. The molecule has 0 radical (unpaired) electrons. The quantitative estimate of drug-likeness (QED) is 0.843. The molecule has 0 aliphatic rings. The van der Waals surface area contributed by atoms with E-state index in [1.807, 2.05) is 0 Å². The number of nitrogens with two attached hydrogens (primary N) is 1. The molecule has 0 amide bonds. The van der Waals surface area contributed by atoms with Crippen molar-refractivity contribution in [3.8, 4) is 0 Å². The molecule has 96 valence electrons. The third-order valence-electron chi connectivity index (χ3n) is 2.39. The Morgan fingerprint density at radius 2 is 2.17 bits per heavy atom. The van der Waals surface area contributed by atoms with Gasteiger partial charge in [0.25, 0.3) is 10.0 Å². The zero-order chi connectivity index (χ0) is 13.3. The average Bonchev–Trinajstić information content (AvgIpc) is 2.62. The number of hydrogen-bond donors (Lipinski definition) is 2. The monoisotopic (exact) mass is 267 g/mol. The molecular weight excluding hydrogens is 254 g/mol. The van der Waals surface area contributed by atoms with Gasteiger partial charge in [0.1, 0.15) is 4.90 Å². The van der Waals surface area contributed by atoms with Crippen molar-refractivity contribution < 1.29 is 8.42 Å². The minimum Gasteiger partial charge on any atom is -0.381 e. The van der Waals surface area contributed by atoms with Crippen LogP contribution in [0.1, 0.15) is 5.56 Å². The van der Waals surface area contributed by atoms with Crippen LogP contribution >= 0.6 is 0 Å². The van der Waals surface area contributed by atoms with E-state index >= 15 is 0 Å². The van der Waals surface area contributed by atoms with Crippen molar-refractivity contribution >= 4 is 21.5 Å². The predicted octanol–water partition coefficient (Wildman–Crippen LogP) is 0.507. The second kappa shape index (κ2) is 4.30. The van der Waals surface area contributed by atoms with Crippen molar-refractivity contribution in [2.24, 2.45) is 7.05 Å². The molecule has 2 heterocycles. The first kappa shape index (κ1) is 12.4. The highest BCUT2D eigenvalue weighted by Crippen LogP contribution is 2.21. The highest BCUT2D eigenvalue weighted by molar-refractivity contribution is 7.92. The lowest BCUT2D eigenvalue weighted by Gasteiger charge is -2.08. The maximum Gasteiger partial charge on any atom is 0.267 e. The summed E-state index contributed by atoms with van der Waals surface area (Å²) in [6, 6.07) is 1.71. The number of nitrogens with one attached hydrogen (secondary N) is 1. The molecule has 2 aromatic rings. The number of rotatable bonds is 3. The molecule has 2 rings (SSSR count). The van der Waals surface area contributed by atoms with Crippen LogP contribution in [0.15, 0.2) is 29.6 Å². The van der Waals surface area contributed by atoms with Crippen LogP contribution in [0.3, 0.4) is 0 Å². The van der Waals surface area contributed by atoms with Gasteiger partial charge in [-0.05, 0) is 18.6 Å². The molecule has 0 spiro atoms. The SMILES string of the molecule is Cc1ccncc1NS(=O)(=O)c1cn(C)nc1N. The fraction of sp³-hybridized carbons (Fsp3) is 0.200. The minimum atomic E-state index is -3.74. The summed E-state index contributed by atoms with van der Waals surface area (Å²) in [6.07, 6.45) is 4.38. The predicted molar refractivity (Wildman–Crippen MR) is 67.4 cm³/mol. The largest absolute Gasteiger partial charge is 0.381 e. The van der Waals surface area contributed by atoms with Crippen molar-refractivity contribution in [1.29, 1.82) is 0 Å². The first-order chi connectivity index (χ1) is 8.40. The Morgan fingerprint density at radius 3 is 2.72 bits per heavy atom. The Hall–Kier alpha value is -2.09. The van der Waals surface area contributed by atoms with Crippen molar-refractivity contribution in [1.82, 2.24) is 14.8 Å². The summed E-state index contributed by atoms with van der Waals surface area (Å²) in [5, 5.41) is 3.80. The fourth-order valence-corrected chi connectivity index (χ4v) is 2.68.